The molecule has 0 aliphatic heterocycles. The van der Waals surface area contributed by atoms with E-state index in [2.05, 4.69) is 16.9 Å². The van der Waals surface area contributed by atoms with Gasteiger partial charge in [0.25, 0.3) is 0 Å². The van der Waals surface area contributed by atoms with Crippen LogP contribution in [-0.2, 0) is 4.74 Å². The highest BCUT2D eigenvalue weighted by Crippen LogP contribution is 2.10. The average molecular weight is 206 g/mol. The third-order valence-electron chi connectivity index (χ3n) is 1.93. The van der Waals surface area contributed by atoms with Crippen molar-refractivity contribution in [2.45, 2.75) is 13.8 Å². The van der Waals surface area contributed by atoms with E-state index in [9.17, 15) is 0 Å². The van der Waals surface area contributed by atoms with Gasteiger partial charge in [0, 0.05) is 24.6 Å². The second-order valence-corrected chi connectivity index (χ2v) is 3.63. The van der Waals surface area contributed by atoms with E-state index in [-0.39, 0.29) is 0 Å². The van der Waals surface area contributed by atoms with Crippen molar-refractivity contribution in [2.24, 2.45) is 0 Å². The molecular weight excluding hydrogens is 188 g/mol. The number of nitrogens with zero attached hydrogens (tertiary/aromatic N) is 1. The second-order valence-electron chi connectivity index (χ2n) is 3.63. The number of ether oxygens (including phenoxy) is 1. The van der Waals surface area contributed by atoms with Crippen LogP contribution in [0.4, 0.5) is 5.69 Å². The molecule has 0 aromatic carbocycles. The molecule has 3 nitrogen and oxygen atoms in total. The monoisotopic (exact) mass is 206 g/mol. The molecule has 0 saturated heterocycles. The summed E-state index contributed by atoms with van der Waals surface area (Å²) in [6.45, 7) is 9.89. The fourth-order valence-corrected chi connectivity index (χ4v) is 1.18. The van der Waals surface area contributed by atoms with E-state index in [1.165, 1.54) is 0 Å². The molecule has 1 aromatic heterocycles. The van der Waals surface area contributed by atoms with E-state index in [4.69, 9.17) is 4.74 Å². The molecule has 3 heteroatoms. The zero-order valence-electron chi connectivity index (χ0n) is 9.42. The van der Waals surface area contributed by atoms with Crippen LogP contribution in [0, 0.1) is 6.92 Å². The number of aromatic nitrogens is 1. The molecule has 0 amide bonds. The lowest BCUT2D eigenvalue weighted by atomic mass is 10.2. The molecular formula is C12H18N2O. The van der Waals surface area contributed by atoms with Gasteiger partial charge in [0.15, 0.2) is 0 Å². The third kappa shape index (κ3) is 4.61. The van der Waals surface area contributed by atoms with Gasteiger partial charge in [-0.05, 0) is 25.5 Å². The van der Waals surface area contributed by atoms with Crippen LogP contribution < -0.4 is 5.32 Å². The van der Waals surface area contributed by atoms with Crippen molar-refractivity contribution in [3.05, 3.63) is 36.2 Å². The number of pyridine rings is 1. The summed E-state index contributed by atoms with van der Waals surface area (Å²) in [7, 11) is 0. The topological polar surface area (TPSA) is 34.1 Å². The Morgan fingerprint density at radius 3 is 3.07 bits per heavy atom. The van der Waals surface area contributed by atoms with Crippen LogP contribution >= 0.6 is 0 Å². The van der Waals surface area contributed by atoms with Crippen LogP contribution in [-0.4, -0.2) is 24.7 Å². The molecule has 1 N–H and O–H groups in total. The van der Waals surface area contributed by atoms with Gasteiger partial charge in [-0.2, -0.15) is 0 Å². The van der Waals surface area contributed by atoms with Crippen molar-refractivity contribution < 1.29 is 4.74 Å². The number of rotatable bonds is 6. The predicted octanol–water partition coefficient (Wildman–Crippen LogP) is 2.39. The first kappa shape index (κ1) is 11.7. The first-order valence-corrected chi connectivity index (χ1v) is 5.07. The fourth-order valence-electron chi connectivity index (χ4n) is 1.18. The first-order valence-electron chi connectivity index (χ1n) is 5.07. The molecule has 15 heavy (non-hydrogen) atoms. The number of aryl methyl sites for hydroxylation is 1. The van der Waals surface area contributed by atoms with Crippen LogP contribution in [0.3, 0.4) is 0 Å². The van der Waals surface area contributed by atoms with Crippen LogP contribution in [0.5, 0.6) is 0 Å². The minimum atomic E-state index is 0.636. The summed E-state index contributed by atoms with van der Waals surface area (Å²) in [5, 5.41) is 3.29. The van der Waals surface area contributed by atoms with Gasteiger partial charge < -0.3 is 10.1 Å². The van der Waals surface area contributed by atoms with Gasteiger partial charge in [0.2, 0.25) is 0 Å². The Morgan fingerprint density at radius 2 is 2.40 bits per heavy atom. The van der Waals surface area contributed by atoms with Gasteiger partial charge in [-0.3, -0.25) is 4.98 Å². The average Bonchev–Trinajstić information content (AvgIpc) is 2.20. The van der Waals surface area contributed by atoms with Crippen LogP contribution in [0.25, 0.3) is 0 Å². The Bertz CT molecular complexity index is 323. The summed E-state index contributed by atoms with van der Waals surface area (Å²) in [5.41, 5.74) is 3.32. The maximum atomic E-state index is 5.38. The minimum absolute atomic E-state index is 0.636. The van der Waals surface area contributed by atoms with Gasteiger partial charge >= 0.3 is 0 Å². The molecule has 0 fully saturated rings. The molecule has 0 aliphatic rings. The van der Waals surface area contributed by atoms with Gasteiger partial charge in [0.1, 0.15) is 0 Å². The standard InChI is InChI=1S/C12H18N2O/c1-10(2)9-15-7-6-14-12-4-5-13-8-11(12)3/h4-5,8H,1,6-7,9H2,2-3H3,(H,13,14). The van der Waals surface area contributed by atoms with Crippen LogP contribution in [0.1, 0.15) is 12.5 Å². The lowest BCUT2D eigenvalue weighted by molar-refractivity contribution is 0.167. The minimum Gasteiger partial charge on any atom is -0.382 e. The summed E-state index contributed by atoms with van der Waals surface area (Å²) in [6, 6.07) is 1.97. The summed E-state index contributed by atoms with van der Waals surface area (Å²) in [6.07, 6.45) is 3.63. The largest absolute Gasteiger partial charge is 0.382 e. The smallest absolute Gasteiger partial charge is 0.0672 e. The molecule has 0 radical (unpaired) electrons. The summed E-state index contributed by atoms with van der Waals surface area (Å²) in [4.78, 5) is 4.03. The van der Waals surface area contributed by atoms with Crippen molar-refractivity contribution in [2.75, 3.05) is 25.1 Å². The molecule has 0 saturated carbocycles. The SMILES string of the molecule is C=C(C)COCCNc1ccncc1C. The molecule has 0 atom stereocenters. The highest BCUT2D eigenvalue weighted by molar-refractivity contribution is 5.48. The second kappa shape index (κ2) is 6.19. The lowest BCUT2D eigenvalue weighted by Crippen LogP contribution is -2.11. The fraction of sp³-hybridized carbons (Fsp3) is 0.417. The predicted molar refractivity (Wildman–Crippen MR) is 63.1 cm³/mol. The zero-order chi connectivity index (χ0) is 11.1. The maximum absolute atomic E-state index is 5.38. The van der Waals surface area contributed by atoms with E-state index in [1.807, 2.05) is 26.1 Å². The van der Waals surface area contributed by atoms with Crippen LogP contribution in [0.15, 0.2) is 30.6 Å². The third-order valence-corrected chi connectivity index (χ3v) is 1.93. The number of anilines is 1. The highest BCUT2D eigenvalue weighted by atomic mass is 16.5. The number of hydrogen-bond donors (Lipinski definition) is 1. The zero-order valence-corrected chi connectivity index (χ0v) is 9.42. The van der Waals surface area contributed by atoms with Gasteiger partial charge in [-0.25, -0.2) is 0 Å². The number of hydrogen-bond acceptors (Lipinski definition) is 3. The van der Waals surface area contributed by atoms with Crippen LogP contribution in [0.2, 0.25) is 0 Å². The van der Waals surface area contributed by atoms with E-state index in [0.717, 1.165) is 23.4 Å². The maximum Gasteiger partial charge on any atom is 0.0672 e. The molecule has 1 rings (SSSR count). The summed E-state index contributed by atoms with van der Waals surface area (Å²) in [5.74, 6) is 0. The van der Waals surface area contributed by atoms with Crippen molar-refractivity contribution >= 4 is 5.69 Å². The molecule has 82 valence electrons. The quantitative estimate of drug-likeness (QED) is 0.573. The van der Waals surface area contributed by atoms with Crippen molar-refractivity contribution in [3.8, 4) is 0 Å². The van der Waals surface area contributed by atoms with Gasteiger partial charge in [-0.15, -0.1) is 0 Å². The summed E-state index contributed by atoms with van der Waals surface area (Å²) >= 11 is 0. The number of nitrogens with one attached hydrogen (secondary N) is 1. The molecule has 0 bridgehead atoms. The Morgan fingerprint density at radius 1 is 1.60 bits per heavy atom. The lowest BCUT2D eigenvalue weighted by Gasteiger charge is -2.09. The highest BCUT2D eigenvalue weighted by Gasteiger charge is 1.95. The Labute approximate surface area is 91.2 Å². The molecule has 1 heterocycles. The van der Waals surface area contributed by atoms with Crippen molar-refractivity contribution in [1.82, 2.24) is 4.98 Å². The Hall–Kier alpha value is -1.35. The van der Waals surface area contributed by atoms with Crippen molar-refractivity contribution in [3.63, 3.8) is 0 Å². The molecule has 1 aromatic rings. The van der Waals surface area contributed by atoms with Gasteiger partial charge in [0.05, 0.1) is 13.2 Å². The normalized spacial score (nSPS) is 10.0. The van der Waals surface area contributed by atoms with E-state index < -0.39 is 0 Å². The molecule has 0 aliphatic carbocycles. The Kier molecular flexibility index (Phi) is 4.84. The van der Waals surface area contributed by atoms with E-state index in [0.29, 0.717) is 13.2 Å². The first-order chi connectivity index (χ1) is 7.20. The molecule has 0 spiro atoms. The van der Waals surface area contributed by atoms with E-state index in [1.54, 1.807) is 6.20 Å². The van der Waals surface area contributed by atoms with E-state index >= 15 is 0 Å². The Balaban J connectivity index is 2.21. The van der Waals surface area contributed by atoms with Crippen molar-refractivity contribution in [1.29, 1.82) is 0 Å². The summed E-state index contributed by atoms with van der Waals surface area (Å²) < 4.78 is 5.38. The molecule has 0 unspecified atom stereocenters. The van der Waals surface area contributed by atoms with Gasteiger partial charge in [-0.1, -0.05) is 12.2 Å².